The first-order chi connectivity index (χ1) is 6.16. The zero-order valence-electron chi connectivity index (χ0n) is 7.63. The largest absolute Gasteiger partial charge is 0.451 e. The van der Waals surface area contributed by atoms with Crippen LogP contribution >= 0.6 is 22.6 Å². The second-order valence-electron chi connectivity index (χ2n) is 2.81. The van der Waals surface area contributed by atoms with Gasteiger partial charge in [0.1, 0.15) is 4.61 Å². The topological polar surface area (TPSA) is 26.3 Å². The van der Waals surface area contributed by atoms with E-state index in [1.807, 2.05) is 54.6 Å². The Morgan fingerprint density at radius 2 is 1.92 bits per heavy atom. The SMILES string of the molecule is Cc1cccc(C)c1C(=O)OCI. The van der Waals surface area contributed by atoms with Crippen molar-refractivity contribution in [2.45, 2.75) is 13.8 Å². The molecule has 0 aliphatic carbocycles. The van der Waals surface area contributed by atoms with Crippen molar-refractivity contribution in [3.8, 4) is 0 Å². The molecule has 0 N–H and O–H groups in total. The number of rotatable bonds is 2. The van der Waals surface area contributed by atoms with Crippen LogP contribution in [0.25, 0.3) is 0 Å². The molecular formula is C10H11IO2. The monoisotopic (exact) mass is 290 g/mol. The highest BCUT2D eigenvalue weighted by atomic mass is 127. The van der Waals surface area contributed by atoms with E-state index >= 15 is 0 Å². The zero-order chi connectivity index (χ0) is 9.84. The Bertz CT molecular complexity index is 300. The molecule has 1 rings (SSSR count). The molecule has 2 nitrogen and oxygen atoms in total. The van der Waals surface area contributed by atoms with Crippen molar-refractivity contribution >= 4 is 28.6 Å². The van der Waals surface area contributed by atoms with E-state index in [1.54, 1.807) is 0 Å². The van der Waals surface area contributed by atoms with E-state index in [2.05, 4.69) is 0 Å². The third-order valence-corrected chi connectivity index (χ3v) is 2.18. The molecule has 0 spiro atoms. The molecule has 0 atom stereocenters. The highest BCUT2D eigenvalue weighted by Gasteiger charge is 2.11. The van der Waals surface area contributed by atoms with Crippen LogP contribution in [0.5, 0.6) is 0 Å². The number of esters is 1. The molecule has 0 fully saturated rings. The van der Waals surface area contributed by atoms with Gasteiger partial charge in [-0.1, -0.05) is 18.2 Å². The zero-order valence-corrected chi connectivity index (χ0v) is 9.79. The molecule has 0 heterocycles. The summed E-state index contributed by atoms with van der Waals surface area (Å²) < 4.78 is 5.33. The lowest BCUT2D eigenvalue weighted by molar-refractivity contribution is 0.0589. The minimum absolute atomic E-state index is 0.231. The summed E-state index contributed by atoms with van der Waals surface area (Å²) in [6.07, 6.45) is 0. The van der Waals surface area contributed by atoms with E-state index in [9.17, 15) is 4.79 Å². The molecule has 0 aromatic heterocycles. The van der Waals surface area contributed by atoms with Gasteiger partial charge < -0.3 is 4.74 Å². The summed E-state index contributed by atoms with van der Waals surface area (Å²) in [5.41, 5.74) is 2.63. The van der Waals surface area contributed by atoms with Crippen molar-refractivity contribution in [1.29, 1.82) is 0 Å². The van der Waals surface area contributed by atoms with Crippen molar-refractivity contribution in [2.75, 3.05) is 4.61 Å². The Morgan fingerprint density at radius 3 is 2.38 bits per heavy atom. The van der Waals surface area contributed by atoms with Crippen LogP contribution in [-0.4, -0.2) is 10.6 Å². The summed E-state index contributed by atoms with van der Waals surface area (Å²) in [6, 6.07) is 5.76. The summed E-state index contributed by atoms with van der Waals surface area (Å²) in [5.74, 6) is -0.231. The molecule has 0 aliphatic heterocycles. The molecule has 3 heteroatoms. The van der Waals surface area contributed by atoms with Gasteiger partial charge in [-0.2, -0.15) is 0 Å². The molecule has 1 aromatic rings. The van der Waals surface area contributed by atoms with Gasteiger partial charge in [0.2, 0.25) is 0 Å². The smallest absolute Gasteiger partial charge is 0.339 e. The lowest BCUT2D eigenvalue weighted by Crippen LogP contribution is -2.07. The molecule has 0 bridgehead atoms. The van der Waals surface area contributed by atoms with Crippen LogP contribution in [0.4, 0.5) is 0 Å². The van der Waals surface area contributed by atoms with E-state index in [1.165, 1.54) is 0 Å². The van der Waals surface area contributed by atoms with Crippen molar-refractivity contribution < 1.29 is 9.53 Å². The van der Waals surface area contributed by atoms with E-state index in [0.29, 0.717) is 10.2 Å². The summed E-state index contributed by atoms with van der Waals surface area (Å²) in [6.45, 7) is 3.83. The van der Waals surface area contributed by atoms with Crippen molar-refractivity contribution in [3.63, 3.8) is 0 Å². The number of carbonyl (C=O) groups excluding carboxylic acids is 1. The Kier molecular flexibility index (Phi) is 3.71. The fraction of sp³-hybridized carbons (Fsp3) is 0.300. The van der Waals surface area contributed by atoms with Crippen LogP contribution in [-0.2, 0) is 4.74 Å². The van der Waals surface area contributed by atoms with Gasteiger partial charge in [-0.25, -0.2) is 4.79 Å². The third-order valence-electron chi connectivity index (χ3n) is 1.87. The maximum atomic E-state index is 11.5. The highest BCUT2D eigenvalue weighted by molar-refractivity contribution is 14.1. The molecule has 0 radical (unpaired) electrons. The Morgan fingerprint density at radius 1 is 1.38 bits per heavy atom. The Balaban J connectivity index is 3.05. The summed E-state index contributed by atoms with van der Waals surface area (Å²) in [7, 11) is 0. The van der Waals surface area contributed by atoms with E-state index in [-0.39, 0.29) is 5.97 Å². The van der Waals surface area contributed by atoms with Gasteiger partial charge in [0.05, 0.1) is 5.56 Å². The number of hydrogen-bond donors (Lipinski definition) is 0. The summed E-state index contributed by atoms with van der Waals surface area (Å²) >= 11 is 2.01. The predicted molar refractivity (Wildman–Crippen MR) is 60.2 cm³/mol. The maximum absolute atomic E-state index is 11.5. The minimum atomic E-state index is -0.231. The Labute approximate surface area is 91.4 Å². The lowest BCUT2D eigenvalue weighted by Gasteiger charge is -2.07. The van der Waals surface area contributed by atoms with Crippen LogP contribution in [0.2, 0.25) is 0 Å². The van der Waals surface area contributed by atoms with Crippen molar-refractivity contribution in [1.82, 2.24) is 0 Å². The number of benzene rings is 1. The molecule has 0 saturated heterocycles. The first-order valence-electron chi connectivity index (χ1n) is 3.96. The van der Waals surface area contributed by atoms with Crippen LogP contribution < -0.4 is 0 Å². The average molecular weight is 290 g/mol. The molecule has 13 heavy (non-hydrogen) atoms. The minimum Gasteiger partial charge on any atom is -0.451 e. The lowest BCUT2D eigenvalue weighted by atomic mass is 10.0. The third kappa shape index (κ3) is 2.43. The van der Waals surface area contributed by atoms with Gasteiger partial charge in [-0.15, -0.1) is 0 Å². The number of alkyl halides is 1. The van der Waals surface area contributed by atoms with Gasteiger partial charge in [0.15, 0.2) is 0 Å². The number of carbonyl (C=O) groups is 1. The van der Waals surface area contributed by atoms with Crippen LogP contribution in [0.3, 0.4) is 0 Å². The first kappa shape index (κ1) is 10.5. The molecule has 0 amide bonds. The van der Waals surface area contributed by atoms with E-state index < -0.39 is 0 Å². The second-order valence-corrected chi connectivity index (χ2v) is 3.43. The fourth-order valence-electron chi connectivity index (χ4n) is 1.26. The Hall–Kier alpha value is -0.580. The standard InChI is InChI=1S/C10H11IO2/c1-7-4-3-5-8(2)9(7)10(12)13-6-11/h3-5H,6H2,1-2H3. The molecule has 0 aliphatic rings. The van der Waals surface area contributed by atoms with Gasteiger partial charge in [0.25, 0.3) is 0 Å². The van der Waals surface area contributed by atoms with Gasteiger partial charge >= 0.3 is 5.97 Å². The average Bonchev–Trinajstić information content (AvgIpc) is 2.04. The quantitative estimate of drug-likeness (QED) is 0.475. The molecule has 0 saturated carbocycles. The van der Waals surface area contributed by atoms with Gasteiger partial charge in [-0.05, 0) is 47.6 Å². The van der Waals surface area contributed by atoms with Crippen molar-refractivity contribution in [2.24, 2.45) is 0 Å². The predicted octanol–water partition coefficient (Wildman–Crippen LogP) is 2.85. The normalized spacial score (nSPS) is 9.77. The number of halogens is 1. The van der Waals surface area contributed by atoms with Gasteiger partial charge in [0, 0.05) is 0 Å². The maximum Gasteiger partial charge on any atom is 0.339 e. The number of aryl methyl sites for hydroxylation is 2. The molecule has 1 aromatic carbocycles. The summed E-state index contributed by atoms with van der Waals surface area (Å²) in [5, 5.41) is 0. The second kappa shape index (κ2) is 4.60. The number of ether oxygens (including phenoxy) is 1. The van der Waals surface area contributed by atoms with Crippen LogP contribution in [0, 0.1) is 13.8 Å². The first-order valence-corrected chi connectivity index (χ1v) is 5.48. The van der Waals surface area contributed by atoms with Crippen molar-refractivity contribution in [3.05, 3.63) is 34.9 Å². The molecule has 0 unspecified atom stereocenters. The number of hydrogen-bond acceptors (Lipinski definition) is 2. The van der Waals surface area contributed by atoms with E-state index in [4.69, 9.17) is 4.74 Å². The molecular weight excluding hydrogens is 279 g/mol. The summed E-state index contributed by atoms with van der Waals surface area (Å²) in [4.78, 5) is 11.5. The highest BCUT2D eigenvalue weighted by Crippen LogP contribution is 2.14. The van der Waals surface area contributed by atoms with Crippen LogP contribution in [0.1, 0.15) is 21.5 Å². The fourth-order valence-corrected chi connectivity index (χ4v) is 1.54. The van der Waals surface area contributed by atoms with E-state index in [0.717, 1.165) is 11.1 Å². The van der Waals surface area contributed by atoms with Crippen LogP contribution in [0.15, 0.2) is 18.2 Å². The van der Waals surface area contributed by atoms with Gasteiger partial charge in [-0.3, -0.25) is 0 Å². The molecule has 70 valence electrons.